The van der Waals surface area contributed by atoms with Crippen molar-refractivity contribution >= 4 is 21.5 Å². The lowest BCUT2D eigenvalue weighted by atomic mass is 9.96. The highest BCUT2D eigenvalue weighted by atomic mass is 16.1. The zero-order chi connectivity index (χ0) is 15.1. The normalized spacial score (nSPS) is 10.9. The van der Waals surface area contributed by atoms with Gasteiger partial charge in [-0.3, -0.25) is 9.89 Å². The molecular weight excluding hydrogens is 276 g/mol. The number of rotatable bonds is 1. The topological polar surface area (TPSA) is 85.3 Å². The quantitative estimate of drug-likeness (QED) is 0.527. The zero-order valence-electron chi connectivity index (χ0n) is 11.4. The second-order valence-electron chi connectivity index (χ2n) is 5.05. The summed E-state index contributed by atoms with van der Waals surface area (Å²) in [5, 5.41) is 19.0. The van der Waals surface area contributed by atoms with Crippen LogP contribution in [-0.4, -0.2) is 15.2 Å². The fourth-order valence-corrected chi connectivity index (χ4v) is 2.79. The third-order valence-electron chi connectivity index (χ3n) is 3.82. The van der Waals surface area contributed by atoms with E-state index in [9.17, 15) is 10.1 Å². The van der Waals surface area contributed by atoms with Crippen molar-refractivity contribution in [3.05, 3.63) is 64.8 Å². The van der Waals surface area contributed by atoms with Gasteiger partial charge in [0.15, 0.2) is 0 Å². The van der Waals surface area contributed by atoms with Crippen LogP contribution in [-0.2, 0) is 0 Å². The monoisotopic (exact) mass is 286 g/mol. The fraction of sp³-hybridized carbons (Fsp3) is 0. The number of benzene rings is 2. The van der Waals surface area contributed by atoms with Gasteiger partial charge in [-0.25, -0.2) is 0 Å². The van der Waals surface area contributed by atoms with Gasteiger partial charge in [-0.1, -0.05) is 12.1 Å². The predicted molar refractivity (Wildman–Crippen MR) is 84.4 cm³/mol. The van der Waals surface area contributed by atoms with Gasteiger partial charge in [-0.05, 0) is 34.5 Å². The summed E-state index contributed by atoms with van der Waals surface area (Å²) in [5.41, 5.74) is 2.29. The predicted octanol–water partition coefficient (Wildman–Crippen LogP) is 2.94. The SMILES string of the molecule is N#Cc1cc2cc[nH]c(=O)c2c2cc(-c3cn[nH]c3)ccc12. The van der Waals surface area contributed by atoms with E-state index in [2.05, 4.69) is 21.3 Å². The van der Waals surface area contributed by atoms with Gasteiger partial charge in [0.05, 0.1) is 23.2 Å². The molecule has 0 aliphatic rings. The molecule has 0 aliphatic heterocycles. The van der Waals surface area contributed by atoms with Crippen LogP contribution in [0.3, 0.4) is 0 Å². The first-order valence-electron chi connectivity index (χ1n) is 6.75. The summed E-state index contributed by atoms with van der Waals surface area (Å²) in [6.07, 6.45) is 5.11. The van der Waals surface area contributed by atoms with Crippen molar-refractivity contribution in [3.63, 3.8) is 0 Å². The number of hydrogen-bond donors (Lipinski definition) is 2. The summed E-state index contributed by atoms with van der Waals surface area (Å²) in [6, 6.07) is 11.5. The second-order valence-corrected chi connectivity index (χ2v) is 5.05. The number of H-pyrrole nitrogens is 2. The molecule has 0 atom stereocenters. The molecule has 0 amide bonds. The third kappa shape index (κ3) is 1.71. The van der Waals surface area contributed by atoms with Crippen LogP contribution in [0, 0.1) is 11.3 Å². The Hall–Kier alpha value is -3.39. The van der Waals surface area contributed by atoms with E-state index in [-0.39, 0.29) is 5.56 Å². The van der Waals surface area contributed by atoms with E-state index < -0.39 is 0 Å². The molecule has 2 N–H and O–H groups in total. The molecule has 0 fully saturated rings. The fourth-order valence-electron chi connectivity index (χ4n) is 2.79. The summed E-state index contributed by atoms with van der Waals surface area (Å²) in [7, 11) is 0. The largest absolute Gasteiger partial charge is 0.329 e. The molecule has 0 unspecified atom stereocenters. The molecule has 4 rings (SSSR count). The lowest BCUT2D eigenvalue weighted by Crippen LogP contribution is -2.05. The molecule has 22 heavy (non-hydrogen) atoms. The van der Waals surface area contributed by atoms with Crippen LogP contribution in [0.15, 0.2) is 53.7 Å². The first-order chi connectivity index (χ1) is 10.8. The van der Waals surface area contributed by atoms with Gasteiger partial charge in [0.2, 0.25) is 0 Å². The van der Waals surface area contributed by atoms with Gasteiger partial charge in [-0.2, -0.15) is 10.4 Å². The first-order valence-corrected chi connectivity index (χ1v) is 6.75. The first kappa shape index (κ1) is 12.4. The van der Waals surface area contributed by atoms with Crippen molar-refractivity contribution in [1.29, 1.82) is 5.26 Å². The Morgan fingerprint density at radius 2 is 2.00 bits per heavy atom. The van der Waals surface area contributed by atoms with Crippen LogP contribution in [0.1, 0.15) is 5.56 Å². The van der Waals surface area contributed by atoms with Crippen LogP contribution in [0.5, 0.6) is 0 Å². The van der Waals surface area contributed by atoms with E-state index in [1.807, 2.05) is 24.3 Å². The van der Waals surface area contributed by atoms with Crippen LogP contribution < -0.4 is 5.56 Å². The van der Waals surface area contributed by atoms with Gasteiger partial charge >= 0.3 is 0 Å². The van der Waals surface area contributed by atoms with Gasteiger partial charge in [0, 0.05) is 23.3 Å². The molecule has 4 aromatic rings. The van der Waals surface area contributed by atoms with Crippen LogP contribution in [0.25, 0.3) is 32.7 Å². The van der Waals surface area contributed by atoms with Gasteiger partial charge in [0.25, 0.3) is 5.56 Å². The Bertz CT molecular complexity index is 1100. The Morgan fingerprint density at radius 1 is 1.09 bits per heavy atom. The van der Waals surface area contributed by atoms with Crippen molar-refractivity contribution in [2.24, 2.45) is 0 Å². The molecule has 0 radical (unpaired) electrons. The lowest BCUT2D eigenvalue weighted by molar-refractivity contribution is 1.09. The highest BCUT2D eigenvalue weighted by Gasteiger charge is 2.10. The minimum atomic E-state index is -0.156. The van der Waals surface area contributed by atoms with Crippen molar-refractivity contribution in [2.75, 3.05) is 0 Å². The number of fused-ring (bicyclic) bond motifs is 3. The molecule has 0 bridgehead atoms. The molecule has 2 aromatic carbocycles. The molecule has 5 nitrogen and oxygen atoms in total. The van der Waals surface area contributed by atoms with E-state index in [1.54, 1.807) is 24.7 Å². The number of nitrogens with zero attached hydrogens (tertiary/aromatic N) is 2. The van der Waals surface area contributed by atoms with Crippen molar-refractivity contribution in [2.45, 2.75) is 0 Å². The van der Waals surface area contributed by atoms with Crippen molar-refractivity contribution in [1.82, 2.24) is 15.2 Å². The molecule has 0 aliphatic carbocycles. The number of nitriles is 1. The third-order valence-corrected chi connectivity index (χ3v) is 3.82. The van der Waals surface area contributed by atoms with Crippen LogP contribution >= 0.6 is 0 Å². The molecular formula is C17H10N4O. The van der Waals surface area contributed by atoms with Crippen molar-refractivity contribution in [3.8, 4) is 17.2 Å². The van der Waals surface area contributed by atoms with Gasteiger partial charge in [-0.15, -0.1) is 0 Å². The number of aromatic nitrogens is 3. The van der Waals surface area contributed by atoms with Crippen LogP contribution in [0.4, 0.5) is 0 Å². The maximum atomic E-state index is 12.2. The molecule has 2 aromatic heterocycles. The number of nitrogens with one attached hydrogen (secondary N) is 2. The molecule has 0 saturated carbocycles. The summed E-state index contributed by atoms with van der Waals surface area (Å²) in [6.45, 7) is 0. The van der Waals surface area contributed by atoms with Gasteiger partial charge < -0.3 is 4.98 Å². The highest BCUT2D eigenvalue weighted by molar-refractivity contribution is 6.10. The minimum Gasteiger partial charge on any atom is -0.329 e. The summed E-state index contributed by atoms with van der Waals surface area (Å²) >= 11 is 0. The van der Waals surface area contributed by atoms with E-state index in [4.69, 9.17) is 0 Å². The molecule has 5 heteroatoms. The van der Waals surface area contributed by atoms with Crippen LogP contribution in [0.2, 0.25) is 0 Å². The number of pyridine rings is 1. The zero-order valence-corrected chi connectivity index (χ0v) is 11.4. The van der Waals surface area contributed by atoms with E-state index in [0.717, 1.165) is 27.3 Å². The standard InChI is InChI=1S/C17H10N4O/c18-7-12-5-11-3-4-19-17(22)16(11)15-6-10(1-2-14(12)15)13-8-20-21-9-13/h1-6,8-9H,(H,19,22)(H,20,21). The average Bonchev–Trinajstić information content (AvgIpc) is 3.08. The Morgan fingerprint density at radius 3 is 2.77 bits per heavy atom. The summed E-state index contributed by atoms with van der Waals surface area (Å²) < 4.78 is 0. The molecule has 104 valence electrons. The van der Waals surface area contributed by atoms with E-state index in [1.165, 1.54) is 0 Å². The minimum absolute atomic E-state index is 0.156. The molecule has 0 saturated heterocycles. The molecule has 2 heterocycles. The second kappa shape index (κ2) is 4.57. The Labute approximate surface area is 124 Å². The average molecular weight is 286 g/mol. The number of hydrogen-bond acceptors (Lipinski definition) is 3. The van der Waals surface area contributed by atoms with E-state index >= 15 is 0 Å². The highest BCUT2D eigenvalue weighted by Crippen LogP contribution is 2.30. The lowest BCUT2D eigenvalue weighted by Gasteiger charge is -2.07. The molecule has 0 spiro atoms. The van der Waals surface area contributed by atoms with Gasteiger partial charge in [0.1, 0.15) is 0 Å². The Kier molecular flexibility index (Phi) is 2.57. The number of aromatic amines is 2. The van der Waals surface area contributed by atoms with Crippen molar-refractivity contribution < 1.29 is 0 Å². The smallest absolute Gasteiger partial charge is 0.256 e. The maximum absolute atomic E-state index is 12.2. The Balaban J connectivity index is 2.20. The summed E-state index contributed by atoms with van der Waals surface area (Å²) in [4.78, 5) is 14.9. The van der Waals surface area contributed by atoms with E-state index in [0.29, 0.717) is 10.9 Å². The maximum Gasteiger partial charge on any atom is 0.256 e. The summed E-state index contributed by atoms with van der Waals surface area (Å²) in [5.74, 6) is 0.